The van der Waals surface area contributed by atoms with Crippen molar-refractivity contribution in [2.24, 2.45) is 0 Å². The summed E-state index contributed by atoms with van der Waals surface area (Å²) in [5, 5.41) is -0.149. The third kappa shape index (κ3) is 3.32. The predicted molar refractivity (Wildman–Crippen MR) is 82.2 cm³/mol. The minimum absolute atomic E-state index is 0.000188. The van der Waals surface area contributed by atoms with Gasteiger partial charge in [0.1, 0.15) is 5.82 Å². The van der Waals surface area contributed by atoms with Gasteiger partial charge in [0.05, 0.1) is 5.25 Å². The van der Waals surface area contributed by atoms with Crippen molar-refractivity contribution in [3.8, 4) is 0 Å². The fourth-order valence-corrected chi connectivity index (χ4v) is 4.38. The number of sulfonamides is 1. The third-order valence-corrected chi connectivity index (χ3v) is 6.23. The van der Waals surface area contributed by atoms with Gasteiger partial charge in [0.15, 0.2) is 0 Å². The van der Waals surface area contributed by atoms with Crippen LogP contribution in [0, 0.1) is 0 Å². The first-order valence-electron chi connectivity index (χ1n) is 6.92. The molecule has 1 aromatic rings. The zero-order valence-electron chi connectivity index (χ0n) is 11.1. The van der Waals surface area contributed by atoms with Crippen LogP contribution in [-0.4, -0.2) is 37.8 Å². The summed E-state index contributed by atoms with van der Waals surface area (Å²) in [6.45, 7) is 1.62. The van der Waals surface area contributed by atoms with Gasteiger partial charge in [-0.25, -0.2) is 18.1 Å². The molecule has 0 radical (unpaired) electrons. The fourth-order valence-electron chi connectivity index (χ4n) is 2.54. The molecule has 1 aliphatic carbocycles. The number of nitrogens with one attached hydrogen (secondary N) is 1. The summed E-state index contributed by atoms with van der Waals surface area (Å²) in [4.78, 5) is 6.53. The van der Waals surface area contributed by atoms with Crippen LogP contribution in [-0.2, 0) is 10.0 Å². The molecule has 1 aromatic heterocycles. The average Bonchev–Trinajstić information content (AvgIpc) is 3.24. The quantitative estimate of drug-likeness (QED) is 0.891. The van der Waals surface area contributed by atoms with E-state index < -0.39 is 10.0 Å². The van der Waals surface area contributed by atoms with E-state index in [9.17, 15) is 8.42 Å². The Morgan fingerprint density at radius 1 is 1.30 bits per heavy atom. The highest BCUT2D eigenvalue weighted by Gasteiger charge is 2.37. The summed E-state index contributed by atoms with van der Waals surface area (Å²) < 4.78 is 27.8. The van der Waals surface area contributed by atoms with E-state index >= 15 is 0 Å². The molecule has 0 bridgehead atoms. The number of aromatic nitrogens is 1. The first-order valence-corrected chi connectivity index (χ1v) is 9.26. The highest BCUT2D eigenvalue weighted by Crippen LogP contribution is 2.28. The SMILES string of the molecule is O=S(=O)(NC1CCCN(c2ccc(Br)cn2)C1)C1CC1. The maximum Gasteiger partial charge on any atom is 0.214 e. The largest absolute Gasteiger partial charge is 0.355 e. The van der Waals surface area contributed by atoms with Crippen LogP contribution < -0.4 is 9.62 Å². The monoisotopic (exact) mass is 359 g/mol. The molecule has 20 heavy (non-hydrogen) atoms. The van der Waals surface area contributed by atoms with Crippen molar-refractivity contribution in [2.45, 2.75) is 37.0 Å². The topological polar surface area (TPSA) is 62.3 Å². The molecule has 2 aliphatic rings. The maximum atomic E-state index is 12.0. The lowest BCUT2D eigenvalue weighted by molar-refractivity contribution is 0.463. The average molecular weight is 360 g/mol. The Hall–Kier alpha value is -0.660. The van der Waals surface area contributed by atoms with Crippen LogP contribution >= 0.6 is 15.9 Å². The smallest absolute Gasteiger partial charge is 0.214 e. The second kappa shape index (κ2) is 5.61. The molecule has 1 saturated carbocycles. The van der Waals surface area contributed by atoms with Crippen LogP contribution in [0.1, 0.15) is 25.7 Å². The Morgan fingerprint density at radius 2 is 2.10 bits per heavy atom. The number of anilines is 1. The highest BCUT2D eigenvalue weighted by molar-refractivity contribution is 9.10. The molecule has 1 saturated heterocycles. The number of nitrogens with zero attached hydrogens (tertiary/aromatic N) is 2. The van der Waals surface area contributed by atoms with Crippen LogP contribution in [0.2, 0.25) is 0 Å². The van der Waals surface area contributed by atoms with Crippen molar-refractivity contribution in [1.29, 1.82) is 0 Å². The lowest BCUT2D eigenvalue weighted by atomic mass is 10.1. The van der Waals surface area contributed by atoms with Gasteiger partial charge in [0, 0.05) is 29.8 Å². The van der Waals surface area contributed by atoms with E-state index in [-0.39, 0.29) is 11.3 Å². The van der Waals surface area contributed by atoms with E-state index in [2.05, 4.69) is 30.5 Å². The molecular weight excluding hydrogens is 342 g/mol. The maximum absolute atomic E-state index is 12.0. The van der Waals surface area contributed by atoms with Crippen molar-refractivity contribution >= 4 is 31.8 Å². The predicted octanol–water partition coefficient (Wildman–Crippen LogP) is 1.89. The van der Waals surface area contributed by atoms with Crippen molar-refractivity contribution in [1.82, 2.24) is 9.71 Å². The fraction of sp³-hybridized carbons (Fsp3) is 0.615. The van der Waals surface area contributed by atoms with Gasteiger partial charge in [0.25, 0.3) is 0 Å². The molecule has 1 atom stereocenters. The number of pyridine rings is 1. The molecule has 2 heterocycles. The second-order valence-electron chi connectivity index (χ2n) is 5.48. The molecular formula is C13H18BrN3O2S. The van der Waals surface area contributed by atoms with Crippen LogP contribution in [0.4, 0.5) is 5.82 Å². The first kappa shape index (κ1) is 14.3. The van der Waals surface area contributed by atoms with Gasteiger partial charge < -0.3 is 4.90 Å². The zero-order valence-corrected chi connectivity index (χ0v) is 13.5. The third-order valence-electron chi connectivity index (χ3n) is 3.75. The normalized spacial score (nSPS) is 23.9. The summed E-state index contributed by atoms with van der Waals surface area (Å²) >= 11 is 3.37. The van der Waals surface area contributed by atoms with Gasteiger partial charge in [-0.2, -0.15) is 0 Å². The van der Waals surface area contributed by atoms with Gasteiger partial charge in [-0.1, -0.05) is 0 Å². The van der Waals surface area contributed by atoms with Gasteiger partial charge in [-0.15, -0.1) is 0 Å². The van der Waals surface area contributed by atoms with Crippen LogP contribution in [0.5, 0.6) is 0 Å². The summed E-state index contributed by atoms with van der Waals surface area (Å²) in [6.07, 6.45) is 5.27. The van der Waals surface area contributed by atoms with Crippen LogP contribution in [0.3, 0.4) is 0 Å². The summed E-state index contributed by atoms with van der Waals surface area (Å²) in [5.74, 6) is 0.906. The van der Waals surface area contributed by atoms with Crippen molar-refractivity contribution in [2.75, 3.05) is 18.0 Å². The van der Waals surface area contributed by atoms with E-state index in [0.717, 1.165) is 42.5 Å². The Balaban J connectivity index is 1.65. The molecule has 2 fully saturated rings. The molecule has 1 aliphatic heterocycles. The van der Waals surface area contributed by atoms with Crippen LogP contribution in [0.15, 0.2) is 22.8 Å². The molecule has 1 unspecified atom stereocenters. The molecule has 0 aromatic carbocycles. The van der Waals surface area contributed by atoms with Gasteiger partial charge in [0.2, 0.25) is 10.0 Å². The number of rotatable bonds is 4. The Morgan fingerprint density at radius 3 is 2.75 bits per heavy atom. The van der Waals surface area contributed by atoms with Crippen LogP contribution in [0.25, 0.3) is 0 Å². The molecule has 110 valence electrons. The summed E-state index contributed by atoms with van der Waals surface area (Å²) in [5.41, 5.74) is 0. The number of hydrogen-bond donors (Lipinski definition) is 1. The van der Waals surface area contributed by atoms with E-state index in [1.54, 1.807) is 6.20 Å². The van der Waals surface area contributed by atoms with Gasteiger partial charge in [-0.05, 0) is 53.7 Å². The molecule has 5 nitrogen and oxygen atoms in total. The Kier molecular flexibility index (Phi) is 4.01. The van der Waals surface area contributed by atoms with Gasteiger partial charge >= 0.3 is 0 Å². The number of hydrogen-bond acceptors (Lipinski definition) is 4. The minimum Gasteiger partial charge on any atom is -0.355 e. The molecule has 0 amide bonds. The van der Waals surface area contributed by atoms with Crippen molar-refractivity contribution < 1.29 is 8.42 Å². The van der Waals surface area contributed by atoms with E-state index in [1.807, 2.05) is 12.1 Å². The Labute approximate surface area is 127 Å². The van der Waals surface area contributed by atoms with Crippen molar-refractivity contribution in [3.63, 3.8) is 0 Å². The first-order chi connectivity index (χ1) is 9.54. The molecule has 7 heteroatoms. The Bertz CT molecular complexity index is 572. The lowest BCUT2D eigenvalue weighted by Gasteiger charge is -2.33. The van der Waals surface area contributed by atoms with Crippen molar-refractivity contribution in [3.05, 3.63) is 22.8 Å². The molecule has 3 rings (SSSR count). The molecule has 1 N–H and O–H groups in total. The van der Waals surface area contributed by atoms with E-state index in [0.29, 0.717) is 6.54 Å². The minimum atomic E-state index is -3.10. The zero-order chi connectivity index (χ0) is 14.2. The lowest BCUT2D eigenvalue weighted by Crippen LogP contribution is -2.48. The van der Waals surface area contributed by atoms with E-state index in [4.69, 9.17) is 0 Å². The number of piperidine rings is 1. The second-order valence-corrected chi connectivity index (χ2v) is 8.39. The number of halogens is 1. The highest BCUT2D eigenvalue weighted by atomic mass is 79.9. The van der Waals surface area contributed by atoms with E-state index in [1.165, 1.54) is 0 Å². The molecule has 0 spiro atoms. The summed E-state index contributed by atoms with van der Waals surface area (Å²) in [7, 11) is -3.10. The summed E-state index contributed by atoms with van der Waals surface area (Å²) in [6, 6.07) is 3.92. The van der Waals surface area contributed by atoms with Gasteiger partial charge in [-0.3, -0.25) is 0 Å². The standard InChI is InChI=1S/C13H18BrN3O2S/c14-10-3-6-13(15-8-10)17-7-1-2-11(9-17)16-20(18,19)12-4-5-12/h3,6,8,11-12,16H,1-2,4-5,7,9H2.